The third-order valence-corrected chi connectivity index (χ3v) is 5.83. The molecule has 2 aromatic carbocycles. The molecule has 1 heterocycles. The molecule has 0 aliphatic rings. The maximum absolute atomic E-state index is 12.2. The van der Waals surface area contributed by atoms with Crippen LogP contribution in [-0.2, 0) is 9.84 Å². The minimum Gasteiger partial charge on any atom is -0.448 e. The molecule has 6 nitrogen and oxygen atoms in total. The van der Waals surface area contributed by atoms with E-state index in [9.17, 15) is 8.42 Å². The van der Waals surface area contributed by atoms with E-state index in [2.05, 4.69) is 26.1 Å². The SMILES string of the molecule is O=S(=O)(CCOc1nc(-c2ccccc2Cl)no1)c1ccc(Br)cc1. The molecule has 3 aromatic rings. The lowest BCUT2D eigenvalue weighted by atomic mass is 10.2. The normalized spacial score (nSPS) is 11.4. The quantitative estimate of drug-likeness (QED) is 0.572. The van der Waals surface area contributed by atoms with Crippen molar-refractivity contribution in [2.24, 2.45) is 0 Å². The Kier molecular flexibility index (Phi) is 5.41. The number of ether oxygens (including phenoxy) is 1. The lowest BCUT2D eigenvalue weighted by molar-refractivity contribution is 0.216. The molecule has 0 spiro atoms. The van der Waals surface area contributed by atoms with Gasteiger partial charge in [0.1, 0.15) is 6.61 Å². The Morgan fingerprint density at radius 1 is 1.12 bits per heavy atom. The van der Waals surface area contributed by atoms with Gasteiger partial charge in [0.25, 0.3) is 0 Å². The number of aromatic nitrogens is 2. The molecule has 0 saturated carbocycles. The van der Waals surface area contributed by atoms with Crippen molar-refractivity contribution < 1.29 is 17.7 Å². The minimum absolute atomic E-state index is 0.109. The summed E-state index contributed by atoms with van der Waals surface area (Å²) in [7, 11) is -3.46. The fourth-order valence-electron chi connectivity index (χ4n) is 2.02. The van der Waals surface area contributed by atoms with Crippen LogP contribution in [0.25, 0.3) is 11.4 Å². The molecule has 0 atom stereocenters. The summed E-state index contributed by atoms with van der Waals surface area (Å²) in [5.41, 5.74) is 0.602. The third kappa shape index (κ3) is 4.39. The summed E-state index contributed by atoms with van der Waals surface area (Å²) in [6, 6.07) is 13.4. The third-order valence-electron chi connectivity index (χ3n) is 3.27. The van der Waals surface area contributed by atoms with Gasteiger partial charge in [-0.3, -0.25) is 4.52 Å². The summed E-state index contributed by atoms with van der Waals surface area (Å²) >= 11 is 9.33. The van der Waals surface area contributed by atoms with Gasteiger partial charge in [0.05, 0.1) is 15.7 Å². The molecule has 0 bridgehead atoms. The number of rotatable bonds is 6. The van der Waals surface area contributed by atoms with Gasteiger partial charge in [-0.1, -0.05) is 44.8 Å². The summed E-state index contributed by atoms with van der Waals surface area (Å²) < 4.78 is 35.5. The van der Waals surface area contributed by atoms with Crippen molar-refractivity contribution in [1.29, 1.82) is 0 Å². The summed E-state index contributed by atoms with van der Waals surface area (Å²) in [4.78, 5) is 4.28. The van der Waals surface area contributed by atoms with Crippen LogP contribution in [0.1, 0.15) is 0 Å². The van der Waals surface area contributed by atoms with Crippen molar-refractivity contribution >= 4 is 37.4 Å². The van der Waals surface area contributed by atoms with E-state index >= 15 is 0 Å². The molecule has 0 aliphatic carbocycles. The second-order valence-electron chi connectivity index (χ2n) is 4.98. The Labute approximate surface area is 157 Å². The highest BCUT2D eigenvalue weighted by atomic mass is 79.9. The molecule has 0 unspecified atom stereocenters. The number of hydrogen-bond acceptors (Lipinski definition) is 6. The lowest BCUT2D eigenvalue weighted by Crippen LogP contribution is -2.14. The fraction of sp³-hybridized carbons (Fsp3) is 0.125. The largest absolute Gasteiger partial charge is 0.448 e. The molecule has 1 aromatic heterocycles. The molecular weight excluding hydrogens is 432 g/mol. The van der Waals surface area contributed by atoms with Crippen LogP contribution in [0.15, 0.2) is 62.4 Å². The average Bonchev–Trinajstić information content (AvgIpc) is 3.04. The van der Waals surface area contributed by atoms with Crippen molar-refractivity contribution in [1.82, 2.24) is 10.1 Å². The monoisotopic (exact) mass is 442 g/mol. The van der Waals surface area contributed by atoms with Crippen LogP contribution in [0, 0.1) is 0 Å². The van der Waals surface area contributed by atoms with Crippen molar-refractivity contribution in [3.8, 4) is 17.5 Å². The zero-order valence-corrected chi connectivity index (χ0v) is 15.9. The van der Waals surface area contributed by atoms with E-state index < -0.39 is 9.84 Å². The summed E-state index contributed by atoms with van der Waals surface area (Å²) in [6.45, 7) is -0.109. The van der Waals surface area contributed by atoms with E-state index in [-0.39, 0.29) is 29.2 Å². The van der Waals surface area contributed by atoms with E-state index in [4.69, 9.17) is 20.9 Å². The van der Waals surface area contributed by atoms with Gasteiger partial charge < -0.3 is 4.74 Å². The van der Waals surface area contributed by atoms with Crippen molar-refractivity contribution in [3.63, 3.8) is 0 Å². The molecule has 130 valence electrons. The molecule has 0 aliphatic heterocycles. The Balaban J connectivity index is 1.63. The first-order chi connectivity index (χ1) is 12.0. The first-order valence-electron chi connectivity index (χ1n) is 7.15. The van der Waals surface area contributed by atoms with Gasteiger partial charge >= 0.3 is 6.08 Å². The van der Waals surface area contributed by atoms with Gasteiger partial charge in [0.2, 0.25) is 5.82 Å². The zero-order chi connectivity index (χ0) is 17.9. The highest BCUT2D eigenvalue weighted by Crippen LogP contribution is 2.26. The Morgan fingerprint density at radius 3 is 2.56 bits per heavy atom. The standard InChI is InChI=1S/C16H12BrClN2O4S/c17-11-5-7-12(8-6-11)25(21,22)10-9-23-16-19-15(20-24-16)13-3-1-2-4-14(13)18/h1-8H,9-10H2. The molecular formula is C16H12BrClN2O4S. The van der Waals surface area contributed by atoms with Crippen LogP contribution in [-0.4, -0.2) is 30.9 Å². The number of hydrogen-bond donors (Lipinski definition) is 0. The molecule has 0 amide bonds. The van der Waals surface area contributed by atoms with E-state index in [1.165, 1.54) is 12.1 Å². The molecule has 0 N–H and O–H groups in total. The van der Waals surface area contributed by atoms with Gasteiger partial charge in [-0.25, -0.2) is 8.42 Å². The highest BCUT2D eigenvalue weighted by Gasteiger charge is 2.16. The van der Waals surface area contributed by atoms with E-state index in [1.807, 2.05) is 0 Å². The van der Waals surface area contributed by atoms with E-state index in [1.54, 1.807) is 36.4 Å². The van der Waals surface area contributed by atoms with Gasteiger partial charge in [0, 0.05) is 10.0 Å². The van der Waals surface area contributed by atoms with Crippen LogP contribution in [0.4, 0.5) is 0 Å². The van der Waals surface area contributed by atoms with Crippen LogP contribution >= 0.6 is 27.5 Å². The smallest absolute Gasteiger partial charge is 0.417 e. The van der Waals surface area contributed by atoms with Gasteiger partial charge in [-0.2, -0.15) is 4.98 Å². The second-order valence-corrected chi connectivity index (χ2v) is 8.42. The molecule has 9 heteroatoms. The second kappa shape index (κ2) is 7.55. The van der Waals surface area contributed by atoms with Crippen molar-refractivity contribution in [2.45, 2.75) is 4.90 Å². The van der Waals surface area contributed by atoms with Crippen LogP contribution in [0.3, 0.4) is 0 Å². The van der Waals surface area contributed by atoms with E-state index in [0.29, 0.717) is 10.6 Å². The minimum atomic E-state index is -3.46. The maximum atomic E-state index is 12.2. The zero-order valence-electron chi connectivity index (χ0n) is 12.7. The van der Waals surface area contributed by atoms with Crippen LogP contribution in [0.5, 0.6) is 6.08 Å². The van der Waals surface area contributed by atoms with Crippen molar-refractivity contribution in [3.05, 3.63) is 58.0 Å². The lowest BCUT2D eigenvalue weighted by Gasteiger charge is -2.04. The number of benzene rings is 2. The van der Waals surface area contributed by atoms with Crippen molar-refractivity contribution in [2.75, 3.05) is 12.4 Å². The Bertz CT molecular complexity index is 974. The first kappa shape index (κ1) is 17.9. The predicted octanol–water partition coefficient (Wildman–Crippen LogP) is 4.01. The summed E-state index contributed by atoms with van der Waals surface area (Å²) in [5.74, 6) is 0.0645. The number of nitrogens with zero attached hydrogens (tertiary/aromatic N) is 2. The molecule has 25 heavy (non-hydrogen) atoms. The molecule has 0 fully saturated rings. The Morgan fingerprint density at radius 2 is 1.84 bits per heavy atom. The molecule has 0 radical (unpaired) electrons. The predicted molar refractivity (Wildman–Crippen MR) is 96.4 cm³/mol. The fourth-order valence-corrected chi connectivity index (χ4v) is 3.59. The summed E-state index contributed by atoms with van der Waals surface area (Å²) in [5, 5.41) is 4.26. The Hall–Kier alpha value is -1.90. The summed E-state index contributed by atoms with van der Waals surface area (Å²) in [6.07, 6.45) is -0.110. The highest BCUT2D eigenvalue weighted by molar-refractivity contribution is 9.10. The van der Waals surface area contributed by atoms with E-state index in [0.717, 1.165) is 4.47 Å². The van der Waals surface area contributed by atoms with Crippen LogP contribution in [0.2, 0.25) is 5.02 Å². The number of sulfone groups is 1. The maximum Gasteiger partial charge on any atom is 0.417 e. The van der Waals surface area contributed by atoms with Crippen LogP contribution < -0.4 is 4.74 Å². The average molecular weight is 444 g/mol. The topological polar surface area (TPSA) is 82.3 Å². The van der Waals surface area contributed by atoms with Gasteiger partial charge in [-0.15, -0.1) is 0 Å². The van der Waals surface area contributed by atoms with Gasteiger partial charge in [0.15, 0.2) is 9.84 Å². The molecule has 3 rings (SSSR count). The van der Waals surface area contributed by atoms with Gasteiger partial charge in [-0.05, 0) is 36.4 Å². The number of halogens is 2. The molecule has 0 saturated heterocycles. The first-order valence-corrected chi connectivity index (χ1v) is 9.98.